The molecule has 1 fully saturated rings. The summed E-state index contributed by atoms with van der Waals surface area (Å²) in [4.78, 5) is 0. The zero-order chi connectivity index (χ0) is 17.9. The molecule has 0 N–H and O–H groups in total. The second-order valence-electron chi connectivity index (χ2n) is 5.76. The SMILES string of the molecule is CCc1ccccc1OCc1nnc([C@@H]2CN(S(C)(=O)=O)CCO2)o1. The molecule has 0 aliphatic carbocycles. The molecule has 0 bridgehead atoms. The summed E-state index contributed by atoms with van der Waals surface area (Å²) in [5.41, 5.74) is 1.10. The van der Waals surface area contributed by atoms with Crippen LogP contribution in [0.25, 0.3) is 0 Å². The number of rotatable bonds is 6. The Morgan fingerprint density at radius 2 is 2.12 bits per heavy atom. The zero-order valence-electron chi connectivity index (χ0n) is 14.2. The van der Waals surface area contributed by atoms with E-state index in [4.69, 9.17) is 13.9 Å². The van der Waals surface area contributed by atoms with E-state index in [2.05, 4.69) is 17.1 Å². The Kier molecular flexibility index (Phi) is 5.36. The maximum Gasteiger partial charge on any atom is 0.254 e. The Labute approximate surface area is 146 Å². The van der Waals surface area contributed by atoms with Gasteiger partial charge in [0, 0.05) is 13.1 Å². The van der Waals surface area contributed by atoms with Gasteiger partial charge in [-0.2, -0.15) is 4.31 Å². The number of nitrogens with zero attached hydrogens (tertiary/aromatic N) is 3. The van der Waals surface area contributed by atoms with E-state index in [1.165, 1.54) is 10.6 Å². The van der Waals surface area contributed by atoms with E-state index in [0.717, 1.165) is 17.7 Å². The molecule has 2 heterocycles. The lowest BCUT2D eigenvalue weighted by Gasteiger charge is -2.29. The Morgan fingerprint density at radius 1 is 1.32 bits per heavy atom. The van der Waals surface area contributed by atoms with Crippen LogP contribution in [0.2, 0.25) is 0 Å². The quantitative estimate of drug-likeness (QED) is 0.764. The Balaban J connectivity index is 1.64. The Hall–Kier alpha value is -1.97. The van der Waals surface area contributed by atoms with Gasteiger partial charge < -0.3 is 13.9 Å². The standard InChI is InChI=1S/C16H21N3O5S/c1-3-12-6-4-5-7-13(12)23-11-15-17-18-16(24-15)14-10-19(8-9-22-14)25(2,20)21/h4-7,14H,3,8-11H2,1-2H3/t14-/m0/s1. The van der Waals surface area contributed by atoms with Gasteiger partial charge in [-0.05, 0) is 18.1 Å². The van der Waals surface area contributed by atoms with Gasteiger partial charge in [0.2, 0.25) is 15.9 Å². The van der Waals surface area contributed by atoms with Crippen LogP contribution >= 0.6 is 0 Å². The van der Waals surface area contributed by atoms with E-state index < -0.39 is 16.1 Å². The number of benzene rings is 1. The maximum absolute atomic E-state index is 11.7. The second-order valence-corrected chi connectivity index (χ2v) is 7.75. The number of para-hydroxylation sites is 1. The number of aryl methyl sites for hydroxylation is 1. The number of sulfonamides is 1. The Morgan fingerprint density at radius 3 is 2.88 bits per heavy atom. The van der Waals surface area contributed by atoms with Gasteiger partial charge in [-0.1, -0.05) is 25.1 Å². The molecule has 2 aromatic rings. The zero-order valence-corrected chi connectivity index (χ0v) is 15.0. The van der Waals surface area contributed by atoms with Crippen LogP contribution in [0, 0.1) is 0 Å². The second kappa shape index (κ2) is 7.51. The number of hydrogen-bond donors (Lipinski definition) is 0. The predicted octanol–water partition coefficient (Wildman–Crippen LogP) is 1.54. The van der Waals surface area contributed by atoms with Gasteiger partial charge in [0.15, 0.2) is 6.61 Å². The average Bonchev–Trinajstić information content (AvgIpc) is 3.08. The molecule has 0 saturated carbocycles. The van der Waals surface area contributed by atoms with Gasteiger partial charge >= 0.3 is 0 Å². The molecule has 1 aromatic heterocycles. The summed E-state index contributed by atoms with van der Waals surface area (Å²) in [5, 5.41) is 7.93. The third-order valence-corrected chi connectivity index (χ3v) is 5.23. The molecular weight excluding hydrogens is 346 g/mol. The molecule has 0 radical (unpaired) electrons. The molecular formula is C16H21N3O5S. The van der Waals surface area contributed by atoms with Gasteiger partial charge in [0.1, 0.15) is 11.9 Å². The molecule has 1 saturated heterocycles. The van der Waals surface area contributed by atoms with E-state index in [1.807, 2.05) is 24.3 Å². The fraction of sp³-hybridized carbons (Fsp3) is 0.500. The normalized spacial score (nSPS) is 19.0. The first kappa shape index (κ1) is 17.8. The molecule has 9 heteroatoms. The molecule has 8 nitrogen and oxygen atoms in total. The number of ether oxygens (including phenoxy) is 2. The fourth-order valence-corrected chi connectivity index (χ4v) is 3.42. The van der Waals surface area contributed by atoms with Gasteiger partial charge in [-0.25, -0.2) is 8.42 Å². The van der Waals surface area contributed by atoms with Gasteiger partial charge in [-0.3, -0.25) is 0 Å². The monoisotopic (exact) mass is 367 g/mol. The first-order valence-corrected chi connectivity index (χ1v) is 9.92. The van der Waals surface area contributed by atoms with Crippen molar-refractivity contribution in [1.82, 2.24) is 14.5 Å². The van der Waals surface area contributed by atoms with E-state index in [0.29, 0.717) is 12.4 Å². The summed E-state index contributed by atoms with van der Waals surface area (Å²) >= 11 is 0. The molecule has 25 heavy (non-hydrogen) atoms. The van der Waals surface area contributed by atoms with Crippen molar-refractivity contribution in [2.75, 3.05) is 26.0 Å². The first-order chi connectivity index (χ1) is 12.0. The lowest BCUT2D eigenvalue weighted by atomic mass is 10.1. The minimum atomic E-state index is -3.28. The third-order valence-electron chi connectivity index (χ3n) is 3.96. The lowest BCUT2D eigenvalue weighted by molar-refractivity contribution is -0.0180. The summed E-state index contributed by atoms with van der Waals surface area (Å²) in [6, 6.07) is 7.77. The van der Waals surface area contributed by atoms with E-state index in [1.54, 1.807) is 0 Å². The minimum absolute atomic E-state index is 0.145. The minimum Gasteiger partial charge on any atom is -0.484 e. The lowest BCUT2D eigenvalue weighted by Crippen LogP contribution is -2.41. The van der Waals surface area contributed by atoms with Crippen LogP contribution in [0.5, 0.6) is 5.75 Å². The number of morpholine rings is 1. The predicted molar refractivity (Wildman–Crippen MR) is 89.6 cm³/mol. The largest absolute Gasteiger partial charge is 0.484 e. The van der Waals surface area contributed by atoms with Crippen LogP contribution < -0.4 is 4.74 Å². The summed E-state index contributed by atoms with van der Waals surface area (Å²) < 4.78 is 41.6. The van der Waals surface area contributed by atoms with Gasteiger partial charge in [-0.15, -0.1) is 10.2 Å². The number of aromatic nitrogens is 2. The molecule has 0 unspecified atom stereocenters. The van der Waals surface area contributed by atoms with Crippen molar-refractivity contribution in [3.8, 4) is 5.75 Å². The third kappa shape index (κ3) is 4.36. The van der Waals surface area contributed by atoms with E-state index in [9.17, 15) is 8.42 Å². The highest BCUT2D eigenvalue weighted by atomic mass is 32.2. The summed E-state index contributed by atoms with van der Waals surface area (Å²) in [5.74, 6) is 1.36. The van der Waals surface area contributed by atoms with Crippen molar-refractivity contribution in [3.05, 3.63) is 41.6 Å². The molecule has 1 aliphatic rings. The average molecular weight is 367 g/mol. The highest BCUT2D eigenvalue weighted by Crippen LogP contribution is 2.24. The van der Waals surface area contributed by atoms with Crippen molar-refractivity contribution >= 4 is 10.0 Å². The van der Waals surface area contributed by atoms with E-state index >= 15 is 0 Å². The van der Waals surface area contributed by atoms with Crippen LogP contribution in [-0.2, 0) is 27.8 Å². The highest BCUT2D eigenvalue weighted by molar-refractivity contribution is 7.88. The topological polar surface area (TPSA) is 94.8 Å². The first-order valence-electron chi connectivity index (χ1n) is 8.07. The van der Waals surface area contributed by atoms with Crippen molar-refractivity contribution in [2.24, 2.45) is 0 Å². The summed E-state index contributed by atoms with van der Waals surface area (Å²) in [7, 11) is -3.28. The highest BCUT2D eigenvalue weighted by Gasteiger charge is 2.31. The molecule has 1 aromatic carbocycles. The molecule has 1 atom stereocenters. The molecule has 0 spiro atoms. The summed E-state index contributed by atoms with van der Waals surface area (Å²) in [6.45, 7) is 2.98. The van der Waals surface area contributed by atoms with E-state index in [-0.39, 0.29) is 25.6 Å². The van der Waals surface area contributed by atoms with Crippen molar-refractivity contribution in [1.29, 1.82) is 0 Å². The maximum atomic E-state index is 11.7. The van der Waals surface area contributed by atoms with Crippen LogP contribution in [0.3, 0.4) is 0 Å². The fourth-order valence-electron chi connectivity index (χ4n) is 2.61. The van der Waals surface area contributed by atoms with Gasteiger partial charge in [0.05, 0.1) is 12.9 Å². The smallest absolute Gasteiger partial charge is 0.254 e. The van der Waals surface area contributed by atoms with Crippen molar-refractivity contribution < 1.29 is 22.3 Å². The molecule has 0 amide bonds. The van der Waals surface area contributed by atoms with Crippen LogP contribution in [0.1, 0.15) is 30.4 Å². The molecule has 3 rings (SSSR count). The van der Waals surface area contributed by atoms with Crippen LogP contribution in [0.15, 0.2) is 28.7 Å². The molecule has 136 valence electrons. The number of hydrogen-bond acceptors (Lipinski definition) is 7. The van der Waals surface area contributed by atoms with Gasteiger partial charge in [0.25, 0.3) is 5.89 Å². The van der Waals surface area contributed by atoms with Crippen LogP contribution in [-0.4, -0.2) is 48.9 Å². The van der Waals surface area contributed by atoms with Crippen LogP contribution in [0.4, 0.5) is 0 Å². The van der Waals surface area contributed by atoms with Crippen molar-refractivity contribution in [3.63, 3.8) is 0 Å². The summed E-state index contributed by atoms with van der Waals surface area (Å²) in [6.07, 6.45) is 1.48. The van der Waals surface area contributed by atoms with Crippen molar-refractivity contribution in [2.45, 2.75) is 26.1 Å². The Bertz CT molecular complexity index is 821. The molecule has 1 aliphatic heterocycles.